The van der Waals surface area contributed by atoms with Crippen molar-refractivity contribution in [2.45, 2.75) is 50.7 Å². The highest BCUT2D eigenvalue weighted by atomic mass is 16.5. The van der Waals surface area contributed by atoms with Crippen LogP contribution in [0.5, 0.6) is 0 Å². The second-order valence-corrected chi connectivity index (χ2v) is 8.35. The van der Waals surface area contributed by atoms with Crippen molar-refractivity contribution in [1.29, 1.82) is 0 Å². The molecule has 3 amide bonds. The lowest BCUT2D eigenvalue weighted by molar-refractivity contribution is -0.119. The van der Waals surface area contributed by atoms with Crippen molar-refractivity contribution in [2.24, 2.45) is 5.41 Å². The zero-order chi connectivity index (χ0) is 18.7. The van der Waals surface area contributed by atoms with E-state index in [0.717, 1.165) is 13.0 Å². The Morgan fingerprint density at radius 2 is 1.81 bits per heavy atom. The van der Waals surface area contributed by atoms with Gasteiger partial charge in [-0.15, -0.1) is 0 Å². The van der Waals surface area contributed by atoms with Crippen molar-refractivity contribution in [3.63, 3.8) is 0 Å². The van der Waals surface area contributed by atoms with E-state index in [0.29, 0.717) is 25.9 Å². The molecule has 2 aliphatic heterocycles. The van der Waals surface area contributed by atoms with E-state index in [2.05, 4.69) is 34.9 Å². The molecular weight excluding hydrogens is 342 g/mol. The van der Waals surface area contributed by atoms with E-state index in [-0.39, 0.29) is 24.0 Å². The summed E-state index contributed by atoms with van der Waals surface area (Å²) < 4.78 is 5.63. The molecule has 0 bridgehead atoms. The summed E-state index contributed by atoms with van der Waals surface area (Å²) in [7, 11) is 0. The second kappa shape index (κ2) is 7.50. The summed E-state index contributed by atoms with van der Waals surface area (Å²) in [5, 5.41) is 6.12. The molecule has 0 aromatic heterocycles. The zero-order valence-electron chi connectivity index (χ0n) is 15.8. The van der Waals surface area contributed by atoms with Gasteiger partial charge in [0.05, 0.1) is 0 Å². The first-order valence-corrected chi connectivity index (χ1v) is 10.1. The third kappa shape index (κ3) is 4.10. The molecule has 1 aromatic carbocycles. The maximum Gasteiger partial charge on any atom is 0.317 e. The number of nitrogens with one attached hydrogen (secondary N) is 2. The number of benzene rings is 1. The number of rotatable bonds is 4. The number of hydrogen-bond acceptors (Lipinski definition) is 3. The molecule has 0 atom stereocenters. The number of hydrogen-bond donors (Lipinski definition) is 2. The first-order chi connectivity index (χ1) is 13.1. The molecule has 3 fully saturated rings. The monoisotopic (exact) mass is 371 g/mol. The van der Waals surface area contributed by atoms with Crippen LogP contribution in [-0.2, 0) is 16.0 Å². The molecular formula is C21H29N3O3. The molecule has 1 aromatic rings. The van der Waals surface area contributed by atoms with E-state index in [4.69, 9.17) is 4.74 Å². The molecule has 0 unspecified atom stereocenters. The van der Waals surface area contributed by atoms with Crippen LogP contribution in [-0.4, -0.2) is 48.8 Å². The van der Waals surface area contributed by atoms with E-state index < -0.39 is 5.72 Å². The molecule has 27 heavy (non-hydrogen) atoms. The summed E-state index contributed by atoms with van der Waals surface area (Å²) in [6.45, 7) is 2.08. The molecule has 2 heterocycles. The maximum atomic E-state index is 12.7. The van der Waals surface area contributed by atoms with Gasteiger partial charge in [0.15, 0.2) is 0 Å². The minimum Gasteiger partial charge on any atom is -0.346 e. The van der Waals surface area contributed by atoms with Crippen LogP contribution in [0, 0.1) is 5.41 Å². The summed E-state index contributed by atoms with van der Waals surface area (Å²) in [5.74, 6) is -0.0583. The number of carbonyl (C=O) groups is 2. The molecule has 1 spiro atoms. The Labute approximate surface area is 160 Å². The Morgan fingerprint density at radius 1 is 1.11 bits per heavy atom. The molecule has 6 heteroatoms. The molecule has 3 aliphatic rings. The quantitative estimate of drug-likeness (QED) is 0.854. The van der Waals surface area contributed by atoms with Gasteiger partial charge in [-0.2, -0.15) is 0 Å². The lowest BCUT2D eigenvalue weighted by Crippen LogP contribution is -2.55. The minimum atomic E-state index is -0.548. The topological polar surface area (TPSA) is 70.7 Å². The number of carbonyl (C=O) groups excluding carboxylic acids is 2. The summed E-state index contributed by atoms with van der Waals surface area (Å²) in [6, 6.07) is 10.6. The highest BCUT2D eigenvalue weighted by molar-refractivity contribution is 5.80. The fraction of sp³-hybridized carbons (Fsp3) is 0.619. The van der Waals surface area contributed by atoms with E-state index >= 15 is 0 Å². The van der Waals surface area contributed by atoms with Crippen LogP contribution in [0.4, 0.5) is 4.79 Å². The number of urea groups is 1. The van der Waals surface area contributed by atoms with Crippen LogP contribution in [0.25, 0.3) is 0 Å². The van der Waals surface area contributed by atoms with E-state index in [1.54, 1.807) is 0 Å². The van der Waals surface area contributed by atoms with Gasteiger partial charge >= 0.3 is 6.03 Å². The number of nitrogens with zero attached hydrogens (tertiary/aromatic N) is 1. The third-order valence-corrected chi connectivity index (χ3v) is 6.41. The molecule has 146 valence electrons. The van der Waals surface area contributed by atoms with Crippen LogP contribution < -0.4 is 10.6 Å². The number of amides is 3. The van der Waals surface area contributed by atoms with Crippen LogP contribution in [0.1, 0.15) is 44.1 Å². The minimum absolute atomic E-state index is 0.00788. The highest BCUT2D eigenvalue weighted by Gasteiger charge is 2.42. The zero-order valence-corrected chi connectivity index (χ0v) is 15.8. The Bertz CT molecular complexity index is 677. The molecule has 4 rings (SSSR count). The molecule has 2 saturated heterocycles. The van der Waals surface area contributed by atoms with Crippen LogP contribution in [0.15, 0.2) is 30.3 Å². The molecule has 0 radical (unpaired) electrons. The van der Waals surface area contributed by atoms with Gasteiger partial charge in [-0.05, 0) is 30.2 Å². The largest absolute Gasteiger partial charge is 0.346 e. The maximum absolute atomic E-state index is 12.7. The smallest absolute Gasteiger partial charge is 0.317 e. The van der Waals surface area contributed by atoms with Crippen LogP contribution in [0.2, 0.25) is 0 Å². The number of ether oxygens (including phenoxy) is 1. The Morgan fingerprint density at radius 3 is 2.44 bits per heavy atom. The summed E-state index contributed by atoms with van der Waals surface area (Å²) in [4.78, 5) is 26.0. The van der Waals surface area contributed by atoms with Gasteiger partial charge in [-0.1, -0.05) is 43.2 Å². The van der Waals surface area contributed by atoms with Crippen molar-refractivity contribution in [1.82, 2.24) is 15.5 Å². The average Bonchev–Trinajstić information content (AvgIpc) is 3.29. The lowest BCUT2D eigenvalue weighted by Gasteiger charge is -2.38. The molecule has 6 nitrogen and oxygen atoms in total. The Balaban J connectivity index is 1.31. The SMILES string of the molecule is O=C1COC2(CCN(C(=O)NCC3(Cc4ccccc4)CCCC3)CC2)N1. The van der Waals surface area contributed by atoms with Gasteiger partial charge in [-0.3, -0.25) is 4.79 Å². The predicted molar refractivity (Wildman–Crippen MR) is 102 cm³/mol. The summed E-state index contributed by atoms with van der Waals surface area (Å²) >= 11 is 0. The van der Waals surface area contributed by atoms with Gasteiger partial charge in [-0.25, -0.2) is 4.79 Å². The summed E-state index contributed by atoms with van der Waals surface area (Å²) in [6.07, 6.45) is 7.16. The van der Waals surface area contributed by atoms with Crippen molar-refractivity contribution < 1.29 is 14.3 Å². The normalized spacial score (nSPS) is 23.4. The van der Waals surface area contributed by atoms with Gasteiger partial charge < -0.3 is 20.3 Å². The average molecular weight is 371 g/mol. The predicted octanol–water partition coefficient (Wildman–Crippen LogP) is 2.44. The standard InChI is InChI=1S/C21H29N3O3/c25-18-15-27-21(23-18)10-12-24(13-11-21)19(26)22-16-20(8-4-5-9-20)14-17-6-2-1-3-7-17/h1-3,6-7H,4-5,8-16H2,(H,22,26)(H,23,25). The van der Waals surface area contributed by atoms with Crippen molar-refractivity contribution >= 4 is 11.9 Å². The number of piperidine rings is 1. The molecule has 2 N–H and O–H groups in total. The van der Waals surface area contributed by atoms with Crippen LogP contribution >= 0.6 is 0 Å². The Hall–Kier alpha value is -2.08. The Kier molecular flexibility index (Phi) is 5.08. The van der Waals surface area contributed by atoms with Gasteiger partial charge in [0.1, 0.15) is 12.3 Å². The van der Waals surface area contributed by atoms with Gasteiger partial charge in [0.2, 0.25) is 5.91 Å². The fourth-order valence-corrected chi connectivity index (χ4v) is 4.82. The van der Waals surface area contributed by atoms with E-state index in [9.17, 15) is 9.59 Å². The van der Waals surface area contributed by atoms with E-state index in [1.807, 2.05) is 11.0 Å². The number of likely N-dealkylation sites (tertiary alicyclic amines) is 1. The summed E-state index contributed by atoms with van der Waals surface area (Å²) in [5.41, 5.74) is 0.979. The van der Waals surface area contributed by atoms with Crippen molar-refractivity contribution in [3.05, 3.63) is 35.9 Å². The van der Waals surface area contributed by atoms with Crippen molar-refractivity contribution in [3.8, 4) is 0 Å². The fourth-order valence-electron chi connectivity index (χ4n) is 4.82. The second-order valence-electron chi connectivity index (χ2n) is 8.35. The van der Waals surface area contributed by atoms with E-state index in [1.165, 1.54) is 31.2 Å². The molecule has 1 saturated carbocycles. The first kappa shape index (κ1) is 18.3. The lowest BCUT2D eigenvalue weighted by atomic mass is 9.80. The third-order valence-electron chi connectivity index (χ3n) is 6.41. The highest BCUT2D eigenvalue weighted by Crippen LogP contribution is 2.40. The first-order valence-electron chi connectivity index (χ1n) is 10.1. The van der Waals surface area contributed by atoms with Gasteiger partial charge in [0, 0.05) is 32.5 Å². The van der Waals surface area contributed by atoms with Gasteiger partial charge in [0.25, 0.3) is 0 Å². The molecule has 1 aliphatic carbocycles. The van der Waals surface area contributed by atoms with Crippen molar-refractivity contribution in [2.75, 3.05) is 26.2 Å². The van der Waals surface area contributed by atoms with Crippen LogP contribution in [0.3, 0.4) is 0 Å².